The molecule has 24 heavy (non-hydrogen) atoms. The molecule has 0 aliphatic heterocycles. The zero-order valence-electron chi connectivity index (χ0n) is 14.5. The molecule has 0 saturated carbocycles. The van der Waals surface area contributed by atoms with Gasteiger partial charge in [0.15, 0.2) is 0 Å². The molecular weight excluding hydrogens is 322 g/mol. The zero-order chi connectivity index (χ0) is 17.5. The normalized spacial score (nSPS) is 12.0. The molecule has 0 spiro atoms. The van der Waals surface area contributed by atoms with Gasteiger partial charge >= 0.3 is 0 Å². The number of anilines is 1. The molecule has 128 valence electrons. The molecule has 0 amide bonds. The first kappa shape index (κ1) is 18.2. The number of nitriles is 1. The minimum absolute atomic E-state index is 0.00972. The number of nitrogens with one attached hydrogen (secondary N) is 1. The number of thiazole rings is 1. The van der Waals surface area contributed by atoms with Crippen molar-refractivity contribution >= 4 is 17.0 Å². The third-order valence-electron chi connectivity index (χ3n) is 3.27. The van der Waals surface area contributed by atoms with Crippen LogP contribution in [0.4, 0.5) is 5.69 Å². The summed E-state index contributed by atoms with van der Waals surface area (Å²) in [6.07, 6.45) is 0.0758. The van der Waals surface area contributed by atoms with Gasteiger partial charge in [-0.2, -0.15) is 5.26 Å². The number of ether oxygens (including phenoxy) is 2. The number of rotatable bonds is 8. The van der Waals surface area contributed by atoms with Crippen LogP contribution in [0.5, 0.6) is 5.75 Å². The summed E-state index contributed by atoms with van der Waals surface area (Å²) >= 11 is 1.60. The monoisotopic (exact) mass is 345 g/mol. The number of aromatic nitrogens is 1. The van der Waals surface area contributed by atoms with Gasteiger partial charge in [0.1, 0.15) is 16.9 Å². The fourth-order valence-electron chi connectivity index (χ4n) is 2.19. The van der Waals surface area contributed by atoms with E-state index in [0.717, 1.165) is 22.1 Å². The minimum atomic E-state index is 0.00972. The maximum absolute atomic E-state index is 9.09. The van der Waals surface area contributed by atoms with E-state index in [2.05, 4.69) is 16.4 Å². The van der Waals surface area contributed by atoms with Crippen LogP contribution in [0, 0.1) is 11.3 Å². The van der Waals surface area contributed by atoms with E-state index in [9.17, 15) is 0 Å². The highest BCUT2D eigenvalue weighted by Crippen LogP contribution is 2.28. The van der Waals surface area contributed by atoms with Crippen LogP contribution in [0.15, 0.2) is 23.6 Å². The molecule has 0 aliphatic carbocycles. The topological polar surface area (TPSA) is 67.2 Å². The van der Waals surface area contributed by atoms with E-state index in [-0.39, 0.29) is 12.2 Å². The fourth-order valence-corrected chi connectivity index (χ4v) is 3.01. The molecule has 1 aromatic carbocycles. The van der Waals surface area contributed by atoms with Crippen molar-refractivity contribution in [3.8, 4) is 11.8 Å². The number of benzene rings is 1. The Bertz CT molecular complexity index is 707. The van der Waals surface area contributed by atoms with Crippen molar-refractivity contribution in [2.75, 3.05) is 11.9 Å². The van der Waals surface area contributed by atoms with Crippen molar-refractivity contribution in [3.63, 3.8) is 0 Å². The molecule has 1 N–H and O–H groups in total. The van der Waals surface area contributed by atoms with Gasteiger partial charge in [0.25, 0.3) is 0 Å². The lowest BCUT2D eigenvalue weighted by Gasteiger charge is -2.15. The Morgan fingerprint density at radius 3 is 2.79 bits per heavy atom. The minimum Gasteiger partial charge on any atom is -0.489 e. The van der Waals surface area contributed by atoms with Crippen molar-refractivity contribution in [1.82, 2.24) is 4.98 Å². The Hall–Kier alpha value is -2.10. The Labute approximate surface area is 147 Å². The summed E-state index contributed by atoms with van der Waals surface area (Å²) in [6, 6.07) is 7.53. The second-order valence-corrected chi connectivity index (χ2v) is 6.51. The summed E-state index contributed by atoms with van der Waals surface area (Å²) < 4.78 is 11.4. The highest BCUT2D eigenvalue weighted by molar-refractivity contribution is 7.09. The predicted molar refractivity (Wildman–Crippen MR) is 96.4 cm³/mol. The lowest BCUT2D eigenvalue weighted by molar-refractivity contribution is 0.0761. The first-order chi connectivity index (χ1) is 11.5. The number of hydrogen-bond acceptors (Lipinski definition) is 6. The molecule has 0 bridgehead atoms. The number of hydrogen-bond donors (Lipinski definition) is 1. The average Bonchev–Trinajstić information content (AvgIpc) is 3.02. The van der Waals surface area contributed by atoms with Crippen LogP contribution in [0.2, 0.25) is 0 Å². The van der Waals surface area contributed by atoms with Crippen LogP contribution < -0.4 is 10.1 Å². The van der Waals surface area contributed by atoms with Crippen LogP contribution in [0.3, 0.4) is 0 Å². The summed E-state index contributed by atoms with van der Waals surface area (Å²) in [5.41, 5.74) is 2.34. The molecule has 0 fully saturated rings. The summed E-state index contributed by atoms with van der Waals surface area (Å²) in [6.45, 7) is 9.17. The molecule has 0 radical (unpaired) electrons. The molecule has 1 heterocycles. The van der Waals surface area contributed by atoms with E-state index in [4.69, 9.17) is 14.7 Å². The van der Waals surface area contributed by atoms with Crippen molar-refractivity contribution in [3.05, 3.63) is 39.8 Å². The van der Waals surface area contributed by atoms with Gasteiger partial charge in [-0.1, -0.05) is 0 Å². The van der Waals surface area contributed by atoms with E-state index in [1.807, 2.05) is 39.1 Å². The molecule has 2 rings (SSSR count). The van der Waals surface area contributed by atoms with Gasteiger partial charge in [0, 0.05) is 12.0 Å². The Morgan fingerprint density at radius 2 is 2.12 bits per heavy atom. The van der Waals surface area contributed by atoms with E-state index >= 15 is 0 Å². The molecule has 2 aromatic rings. The van der Waals surface area contributed by atoms with Crippen LogP contribution in [-0.2, 0) is 11.3 Å². The quantitative estimate of drug-likeness (QED) is 0.762. The standard InChI is InChI=1S/C18H23N3O2S/c1-5-22-13(4)18-21-15(11-24-18)10-20-16-8-14(9-19)6-7-17(16)23-12(2)3/h6-8,11-13,20H,5,10H2,1-4H3/t13-/m0/s1. The summed E-state index contributed by atoms with van der Waals surface area (Å²) in [7, 11) is 0. The van der Waals surface area contributed by atoms with Gasteiger partial charge in [-0.05, 0) is 45.9 Å². The predicted octanol–water partition coefficient (Wildman–Crippen LogP) is 4.51. The van der Waals surface area contributed by atoms with Gasteiger partial charge in [-0.15, -0.1) is 11.3 Å². The van der Waals surface area contributed by atoms with E-state index in [0.29, 0.717) is 18.7 Å². The lowest BCUT2D eigenvalue weighted by atomic mass is 10.2. The Morgan fingerprint density at radius 1 is 1.33 bits per heavy atom. The first-order valence-electron chi connectivity index (χ1n) is 8.04. The van der Waals surface area contributed by atoms with Gasteiger partial charge in [0.05, 0.1) is 35.7 Å². The van der Waals surface area contributed by atoms with Crippen LogP contribution >= 0.6 is 11.3 Å². The smallest absolute Gasteiger partial charge is 0.142 e. The van der Waals surface area contributed by atoms with Crippen LogP contribution in [0.25, 0.3) is 0 Å². The summed E-state index contributed by atoms with van der Waals surface area (Å²) in [4.78, 5) is 4.60. The van der Waals surface area contributed by atoms with Crippen molar-refractivity contribution < 1.29 is 9.47 Å². The third-order valence-corrected chi connectivity index (χ3v) is 4.32. The zero-order valence-corrected chi connectivity index (χ0v) is 15.3. The molecule has 0 aliphatic rings. The van der Waals surface area contributed by atoms with Gasteiger partial charge in [-0.25, -0.2) is 4.98 Å². The van der Waals surface area contributed by atoms with Crippen molar-refractivity contribution in [2.45, 2.75) is 46.4 Å². The average molecular weight is 345 g/mol. The second kappa shape index (κ2) is 8.67. The van der Waals surface area contributed by atoms with E-state index in [1.54, 1.807) is 23.5 Å². The second-order valence-electron chi connectivity index (χ2n) is 5.62. The highest BCUT2D eigenvalue weighted by Gasteiger charge is 2.12. The lowest BCUT2D eigenvalue weighted by Crippen LogP contribution is -2.09. The van der Waals surface area contributed by atoms with Crippen molar-refractivity contribution in [2.24, 2.45) is 0 Å². The van der Waals surface area contributed by atoms with E-state index < -0.39 is 0 Å². The molecular formula is C18H23N3O2S. The molecule has 0 saturated heterocycles. The van der Waals surface area contributed by atoms with E-state index in [1.165, 1.54) is 0 Å². The maximum atomic E-state index is 9.09. The fraction of sp³-hybridized carbons (Fsp3) is 0.444. The van der Waals surface area contributed by atoms with Crippen molar-refractivity contribution in [1.29, 1.82) is 5.26 Å². The maximum Gasteiger partial charge on any atom is 0.142 e. The Kier molecular flexibility index (Phi) is 6.59. The highest BCUT2D eigenvalue weighted by atomic mass is 32.1. The largest absolute Gasteiger partial charge is 0.489 e. The Balaban J connectivity index is 2.09. The molecule has 1 aromatic heterocycles. The molecule has 0 unspecified atom stereocenters. The van der Waals surface area contributed by atoms with Gasteiger partial charge in [0.2, 0.25) is 0 Å². The third kappa shape index (κ3) is 4.95. The van der Waals surface area contributed by atoms with Crippen LogP contribution in [0.1, 0.15) is 50.1 Å². The number of nitrogens with zero attached hydrogens (tertiary/aromatic N) is 2. The summed E-state index contributed by atoms with van der Waals surface area (Å²) in [5, 5.41) is 15.4. The summed E-state index contributed by atoms with van der Waals surface area (Å²) in [5.74, 6) is 0.738. The molecule has 5 nitrogen and oxygen atoms in total. The van der Waals surface area contributed by atoms with Crippen LogP contribution in [-0.4, -0.2) is 17.7 Å². The first-order valence-corrected chi connectivity index (χ1v) is 8.92. The van der Waals surface area contributed by atoms with Gasteiger partial charge in [-0.3, -0.25) is 0 Å². The molecule has 1 atom stereocenters. The SMILES string of the molecule is CCO[C@@H](C)c1nc(CNc2cc(C#N)ccc2OC(C)C)cs1. The molecule has 6 heteroatoms. The van der Waals surface area contributed by atoms with Gasteiger partial charge < -0.3 is 14.8 Å².